The molecule has 120 valence electrons. The van der Waals surface area contributed by atoms with Crippen LogP contribution in [0.2, 0.25) is 0 Å². The van der Waals surface area contributed by atoms with Crippen LogP contribution in [0.25, 0.3) is 5.52 Å². The third-order valence-electron chi connectivity index (χ3n) is 5.18. The Labute approximate surface area is 130 Å². The van der Waals surface area contributed by atoms with Crippen molar-refractivity contribution in [2.24, 2.45) is 0 Å². The maximum atomic E-state index is 12.0. The predicted octanol–water partition coefficient (Wildman–Crippen LogP) is 2.91. The van der Waals surface area contributed by atoms with E-state index in [1.807, 2.05) is 17.5 Å². The first-order valence-corrected chi connectivity index (χ1v) is 8.33. The number of H-pyrrole nitrogens is 1. The van der Waals surface area contributed by atoms with E-state index >= 15 is 0 Å². The summed E-state index contributed by atoms with van der Waals surface area (Å²) in [5.41, 5.74) is 0.894. The molecule has 2 aromatic heterocycles. The molecule has 0 aromatic carbocycles. The summed E-state index contributed by atoms with van der Waals surface area (Å²) in [7, 11) is 0. The number of hydrogen-bond acceptors (Lipinski definition) is 3. The van der Waals surface area contributed by atoms with Crippen LogP contribution >= 0.6 is 0 Å². The fourth-order valence-corrected chi connectivity index (χ4v) is 3.77. The number of hydrogen-bond donors (Lipinski definition) is 2. The minimum absolute atomic E-state index is 0.0787. The third kappa shape index (κ3) is 2.70. The molecule has 3 rings (SSSR count). The minimum Gasteiger partial charge on any atom is -0.390 e. The van der Waals surface area contributed by atoms with Gasteiger partial charge < -0.3 is 10.1 Å². The molecule has 0 spiro atoms. The average Bonchev–Trinajstić information content (AvgIpc) is 2.81. The molecule has 0 bridgehead atoms. The molecule has 5 heteroatoms. The molecule has 1 aliphatic carbocycles. The maximum absolute atomic E-state index is 12.0. The molecular formula is C17H25N3O2. The molecule has 22 heavy (non-hydrogen) atoms. The highest BCUT2D eigenvalue weighted by atomic mass is 16.3. The van der Waals surface area contributed by atoms with Gasteiger partial charge in [-0.3, -0.25) is 9.20 Å². The van der Waals surface area contributed by atoms with Crippen LogP contribution in [-0.2, 0) is 0 Å². The lowest BCUT2D eigenvalue weighted by atomic mass is 9.81. The van der Waals surface area contributed by atoms with Gasteiger partial charge in [0.2, 0.25) is 0 Å². The molecule has 1 aliphatic rings. The van der Waals surface area contributed by atoms with E-state index in [4.69, 9.17) is 0 Å². The fraction of sp³-hybridized carbons (Fsp3) is 0.647. The second-order valence-corrected chi connectivity index (χ2v) is 6.62. The van der Waals surface area contributed by atoms with Gasteiger partial charge in [-0.25, -0.2) is 4.98 Å². The van der Waals surface area contributed by atoms with Crippen molar-refractivity contribution < 1.29 is 5.11 Å². The Hall–Kier alpha value is -1.62. The Morgan fingerprint density at radius 3 is 2.73 bits per heavy atom. The third-order valence-corrected chi connectivity index (χ3v) is 5.18. The molecule has 0 radical (unpaired) electrons. The number of aromatic amines is 1. The number of aromatic nitrogens is 3. The van der Waals surface area contributed by atoms with Gasteiger partial charge in [-0.05, 0) is 51.9 Å². The van der Waals surface area contributed by atoms with E-state index in [1.54, 1.807) is 6.20 Å². The Morgan fingerprint density at radius 2 is 2.09 bits per heavy atom. The zero-order valence-electron chi connectivity index (χ0n) is 13.4. The van der Waals surface area contributed by atoms with Crippen LogP contribution in [0.4, 0.5) is 0 Å². The van der Waals surface area contributed by atoms with Crippen LogP contribution in [-0.4, -0.2) is 25.1 Å². The average molecular weight is 303 g/mol. The smallest absolute Gasteiger partial charge is 0.274 e. The molecule has 0 saturated heterocycles. The van der Waals surface area contributed by atoms with Crippen molar-refractivity contribution in [1.82, 2.24) is 14.4 Å². The van der Waals surface area contributed by atoms with Gasteiger partial charge >= 0.3 is 0 Å². The summed E-state index contributed by atoms with van der Waals surface area (Å²) in [6, 6.07) is 0. The quantitative estimate of drug-likeness (QED) is 0.896. The van der Waals surface area contributed by atoms with E-state index in [-0.39, 0.29) is 5.56 Å². The summed E-state index contributed by atoms with van der Waals surface area (Å²) >= 11 is 0. The summed E-state index contributed by atoms with van der Waals surface area (Å²) < 4.78 is 1.95. The van der Waals surface area contributed by atoms with Crippen LogP contribution in [0.3, 0.4) is 0 Å². The Morgan fingerprint density at radius 1 is 1.41 bits per heavy atom. The summed E-state index contributed by atoms with van der Waals surface area (Å²) in [6.07, 6.45) is 10.2. The SMILES string of the molecule is CCC1(O)CCCC(c2nc(C)c3c(=O)[nH]ccn23)CCC1. The number of nitrogens with one attached hydrogen (secondary N) is 1. The standard InChI is InChI=1S/C17H25N3O2/c1-3-17(22)8-4-6-13(7-5-9-17)15-19-12(2)14-16(21)18-10-11-20(14)15/h10-11,13,22H,3-9H2,1-2H3,(H,18,21). The van der Waals surface area contributed by atoms with Gasteiger partial charge in [0, 0.05) is 18.3 Å². The van der Waals surface area contributed by atoms with E-state index < -0.39 is 5.60 Å². The Bertz CT molecular complexity index is 706. The molecule has 1 saturated carbocycles. The van der Waals surface area contributed by atoms with E-state index in [0.717, 1.165) is 56.5 Å². The molecule has 2 heterocycles. The number of rotatable bonds is 2. The van der Waals surface area contributed by atoms with Crippen LogP contribution in [0, 0.1) is 6.92 Å². The second-order valence-electron chi connectivity index (χ2n) is 6.62. The highest BCUT2D eigenvalue weighted by Gasteiger charge is 2.29. The van der Waals surface area contributed by atoms with Gasteiger partial charge in [-0.15, -0.1) is 0 Å². The highest BCUT2D eigenvalue weighted by molar-refractivity contribution is 5.50. The summed E-state index contributed by atoms with van der Waals surface area (Å²) in [5, 5.41) is 10.5. The first-order valence-electron chi connectivity index (χ1n) is 8.33. The number of imidazole rings is 1. The van der Waals surface area contributed by atoms with Crippen molar-refractivity contribution in [3.8, 4) is 0 Å². The zero-order chi connectivity index (χ0) is 15.7. The van der Waals surface area contributed by atoms with Gasteiger partial charge in [-0.2, -0.15) is 0 Å². The maximum Gasteiger partial charge on any atom is 0.274 e. The Balaban J connectivity index is 1.89. The van der Waals surface area contributed by atoms with E-state index in [0.29, 0.717) is 11.4 Å². The second kappa shape index (κ2) is 5.88. The monoisotopic (exact) mass is 303 g/mol. The topological polar surface area (TPSA) is 70.4 Å². The largest absolute Gasteiger partial charge is 0.390 e. The lowest BCUT2D eigenvalue weighted by Crippen LogP contribution is -2.29. The zero-order valence-corrected chi connectivity index (χ0v) is 13.4. The fourth-order valence-electron chi connectivity index (χ4n) is 3.77. The molecule has 0 amide bonds. The number of fused-ring (bicyclic) bond motifs is 1. The summed E-state index contributed by atoms with van der Waals surface area (Å²) in [6.45, 7) is 3.96. The number of aryl methyl sites for hydroxylation is 1. The number of aliphatic hydroxyl groups is 1. The first-order chi connectivity index (χ1) is 10.5. The molecule has 0 unspecified atom stereocenters. The predicted molar refractivity (Wildman–Crippen MR) is 86.2 cm³/mol. The molecule has 2 N–H and O–H groups in total. The van der Waals surface area contributed by atoms with Crippen molar-refractivity contribution >= 4 is 5.52 Å². The van der Waals surface area contributed by atoms with E-state index in [2.05, 4.69) is 16.9 Å². The lowest BCUT2D eigenvalue weighted by Gasteiger charge is -2.31. The van der Waals surface area contributed by atoms with Gasteiger partial charge in [0.25, 0.3) is 5.56 Å². The van der Waals surface area contributed by atoms with Crippen LogP contribution in [0.5, 0.6) is 0 Å². The van der Waals surface area contributed by atoms with Crippen molar-refractivity contribution in [3.63, 3.8) is 0 Å². The van der Waals surface area contributed by atoms with Gasteiger partial charge in [0.05, 0.1) is 11.3 Å². The van der Waals surface area contributed by atoms with Crippen molar-refractivity contribution in [1.29, 1.82) is 0 Å². The summed E-state index contributed by atoms with van der Waals surface area (Å²) in [4.78, 5) is 19.4. The van der Waals surface area contributed by atoms with Crippen molar-refractivity contribution in [2.75, 3.05) is 0 Å². The van der Waals surface area contributed by atoms with E-state index in [9.17, 15) is 9.90 Å². The minimum atomic E-state index is -0.479. The Kier molecular flexibility index (Phi) is 4.08. The molecule has 0 aliphatic heterocycles. The van der Waals surface area contributed by atoms with Crippen LogP contribution < -0.4 is 5.56 Å². The molecule has 5 nitrogen and oxygen atoms in total. The molecular weight excluding hydrogens is 278 g/mol. The van der Waals surface area contributed by atoms with Gasteiger partial charge in [0.15, 0.2) is 0 Å². The van der Waals surface area contributed by atoms with Crippen LogP contribution in [0.15, 0.2) is 17.2 Å². The summed E-state index contributed by atoms with van der Waals surface area (Å²) in [5.74, 6) is 1.37. The van der Waals surface area contributed by atoms with Gasteiger partial charge in [-0.1, -0.05) is 6.92 Å². The first kappa shape index (κ1) is 15.3. The molecule has 1 fully saturated rings. The molecule has 2 aromatic rings. The van der Waals surface area contributed by atoms with Crippen molar-refractivity contribution in [2.45, 2.75) is 70.3 Å². The number of nitrogens with zero attached hydrogens (tertiary/aromatic N) is 2. The lowest BCUT2D eigenvalue weighted by molar-refractivity contribution is 0.00897. The van der Waals surface area contributed by atoms with Crippen molar-refractivity contribution in [3.05, 3.63) is 34.3 Å². The van der Waals surface area contributed by atoms with Crippen LogP contribution in [0.1, 0.15) is 69.3 Å². The normalized spacial score (nSPS) is 26.8. The van der Waals surface area contributed by atoms with Gasteiger partial charge in [0.1, 0.15) is 11.3 Å². The van der Waals surface area contributed by atoms with E-state index in [1.165, 1.54) is 0 Å². The highest BCUT2D eigenvalue weighted by Crippen LogP contribution is 2.35. The molecule has 0 atom stereocenters.